The van der Waals surface area contributed by atoms with E-state index in [1.54, 1.807) is 6.92 Å². The number of ketones is 1. The van der Waals surface area contributed by atoms with Crippen LogP contribution in [0.3, 0.4) is 0 Å². The minimum atomic E-state index is -0.624. The summed E-state index contributed by atoms with van der Waals surface area (Å²) in [7, 11) is 0. The fraction of sp³-hybridized carbons (Fsp3) is 0.200. The summed E-state index contributed by atoms with van der Waals surface area (Å²) in [5.41, 5.74) is 2.99. The van der Waals surface area contributed by atoms with Crippen LogP contribution in [0.4, 0.5) is 0 Å². The molecule has 0 aliphatic heterocycles. The highest BCUT2D eigenvalue weighted by molar-refractivity contribution is 6.45. The van der Waals surface area contributed by atoms with Crippen molar-refractivity contribution in [2.75, 3.05) is 13.2 Å². The molecule has 0 saturated carbocycles. The zero-order valence-corrected chi connectivity index (χ0v) is 14.3. The maximum Gasteiger partial charge on any atom is 0.292 e. The molecule has 128 valence electrons. The van der Waals surface area contributed by atoms with Gasteiger partial charge >= 0.3 is 0 Å². The van der Waals surface area contributed by atoms with E-state index in [9.17, 15) is 9.59 Å². The van der Waals surface area contributed by atoms with Gasteiger partial charge in [-0.3, -0.25) is 9.59 Å². The molecule has 0 atom stereocenters. The fourth-order valence-electron chi connectivity index (χ4n) is 2.81. The van der Waals surface area contributed by atoms with Gasteiger partial charge < -0.3 is 15.0 Å². The van der Waals surface area contributed by atoms with Gasteiger partial charge in [-0.05, 0) is 31.5 Å². The van der Waals surface area contributed by atoms with E-state index in [0.717, 1.165) is 22.2 Å². The van der Waals surface area contributed by atoms with Gasteiger partial charge in [0.2, 0.25) is 0 Å². The molecule has 1 heterocycles. The first-order valence-electron chi connectivity index (χ1n) is 8.16. The molecular formula is C20H20N2O3. The van der Waals surface area contributed by atoms with Crippen molar-refractivity contribution in [2.24, 2.45) is 0 Å². The standard InChI is InChI=1S/C20H20N2O3/c1-13-7-3-6-10-17(13)25-12-11-21-20(24)19(23)18-14(2)22-16-9-5-4-8-15(16)18/h3-10,22H,11-12H2,1-2H3,(H,21,24). The molecule has 0 spiro atoms. The Morgan fingerprint density at radius 1 is 1.04 bits per heavy atom. The number of nitrogens with one attached hydrogen (secondary N) is 2. The second-order valence-corrected chi connectivity index (χ2v) is 5.87. The monoisotopic (exact) mass is 336 g/mol. The van der Waals surface area contributed by atoms with Crippen LogP contribution >= 0.6 is 0 Å². The molecular weight excluding hydrogens is 316 g/mol. The molecule has 0 radical (unpaired) electrons. The normalized spacial score (nSPS) is 10.6. The van der Waals surface area contributed by atoms with Gasteiger partial charge in [0.05, 0.1) is 12.1 Å². The summed E-state index contributed by atoms with van der Waals surface area (Å²) in [6.07, 6.45) is 0. The number of Topliss-reactive ketones (excluding diaryl/α,β-unsaturated/α-hetero) is 1. The van der Waals surface area contributed by atoms with Crippen LogP contribution in [0.15, 0.2) is 48.5 Å². The molecule has 2 N–H and O–H groups in total. The Balaban J connectivity index is 1.60. The van der Waals surface area contributed by atoms with Crippen molar-refractivity contribution >= 4 is 22.6 Å². The van der Waals surface area contributed by atoms with Gasteiger partial charge in [-0.25, -0.2) is 0 Å². The first kappa shape index (κ1) is 16.8. The molecule has 0 fully saturated rings. The molecule has 5 heteroatoms. The predicted molar refractivity (Wildman–Crippen MR) is 97.0 cm³/mol. The van der Waals surface area contributed by atoms with Crippen molar-refractivity contribution < 1.29 is 14.3 Å². The van der Waals surface area contributed by atoms with E-state index in [-0.39, 0.29) is 6.54 Å². The average molecular weight is 336 g/mol. The highest BCUT2D eigenvalue weighted by atomic mass is 16.5. The summed E-state index contributed by atoms with van der Waals surface area (Å²) in [6.45, 7) is 4.32. The number of hydrogen-bond donors (Lipinski definition) is 2. The van der Waals surface area contributed by atoms with Crippen molar-refractivity contribution in [2.45, 2.75) is 13.8 Å². The number of aryl methyl sites for hydroxylation is 2. The van der Waals surface area contributed by atoms with Crippen LogP contribution in [0.2, 0.25) is 0 Å². The molecule has 5 nitrogen and oxygen atoms in total. The van der Waals surface area contributed by atoms with Crippen LogP contribution in [0, 0.1) is 13.8 Å². The molecule has 0 aliphatic carbocycles. The summed E-state index contributed by atoms with van der Waals surface area (Å²) < 4.78 is 5.62. The zero-order chi connectivity index (χ0) is 17.8. The lowest BCUT2D eigenvalue weighted by atomic mass is 10.1. The number of aromatic nitrogens is 1. The van der Waals surface area contributed by atoms with Crippen LogP contribution in [-0.4, -0.2) is 29.8 Å². The van der Waals surface area contributed by atoms with Crippen molar-refractivity contribution in [3.8, 4) is 5.75 Å². The van der Waals surface area contributed by atoms with Crippen LogP contribution in [0.25, 0.3) is 10.9 Å². The lowest BCUT2D eigenvalue weighted by molar-refractivity contribution is -0.117. The Labute approximate surface area is 146 Å². The summed E-state index contributed by atoms with van der Waals surface area (Å²) in [5, 5.41) is 3.39. The predicted octanol–water partition coefficient (Wildman–Crippen LogP) is 3.16. The zero-order valence-electron chi connectivity index (χ0n) is 14.3. The SMILES string of the molecule is Cc1ccccc1OCCNC(=O)C(=O)c1c(C)[nH]c2ccccc12. The third-order valence-electron chi connectivity index (χ3n) is 4.07. The number of amides is 1. The number of fused-ring (bicyclic) bond motifs is 1. The molecule has 2 aromatic carbocycles. The molecule has 0 bridgehead atoms. The average Bonchev–Trinajstić information content (AvgIpc) is 2.95. The summed E-state index contributed by atoms with van der Waals surface area (Å²) in [6, 6.07) is 15.1. The van der Waals surface area contributed by atoms with Crippen molar-refractivity contribution in [1.29, 1.82) is 0 Å². The Kier molecular flexibility index (Phi) is 4.84. The fourth-order valence-corrected chi connectivity index (χ4v) is 2.81. The van der Waals surface area contributed by atoms with Crippen molar-refractivity contribution in [1.82, 2.24) is 10.3 Å². The molecule has 0 saturated heterocycles. The van der Waals surface area contributed by atoms with Crippen molar-refractivity contribution in [3.63, 3.8) is 0 Å². The van der Waals surface area contributed by atoms with Gasteiger partial charge in [0.15, 0.2) is 0 Å². The van der Waals surface area contributed by atoms with E-state index in [1.165, 1.54) is 0 Å². The number of ether oxygens (including phenoxy) is 1. The van der Waals surface area contributed by atoms with E-state index in [1.807, 2.05) is 55.5 Å². The summed E-state index contributed by atoms with van der Waals surface area (Å²) in [5.74, 6) is -0.386. The van der Waals surface area contributed by atoms with Crippen LogP contribution in [0.5, 0.6) is 5.75 Å². The molecule has 3 rings (SSSR count). The summed E-state index contributed by atoms with van der Waals surface area (Å²) in [4.78, 5) is 27.8. The Hall–Kier alpha value is -3.08. The third kappa shape index (κ3) is 3.55. The Morgan fingerprint density at radius 2 is 1.76 bits per heavy atom. The topological polar surface area (TPSA) is 71.2 Å². The second kappa shape index (κ2) is 7.21. The number of H-pyrrole nitrogens is 1. The van der Waals surface area contributed by atoms with Gasteiger partial charge in [-0.2, -0.15) is 0 Å². The number of para-hydroxylation sites is 2. The number of benzene rings is 2. The third-order valence-corrected chi connectivity index (χ3v) is 4.07. The molecule has 0 unspecified atom stereocenters. The van der Waals surface area contributed by atoms with E-state index in [0.29, 0.717) is 17.9 Å². The number of carbonyl (C=O) groups is 2. The first-order chi connectivity index (χ1) is 12.1. The first-order valence-corrected chi connectivity index (χ1v) is 8.16. The number of hydrogen-bond acceptors (Lipinski definition) is 3. The van der Waals surface area contributed by atoms with Gasteiger partial charge in [0, 0.05) is 16.6 Å². The quantitative estimate of drug-likeness (QED) is 0.413. The number of carbonyl (C=O) groups excluding carboxylic acids is 2. The molecule has 0 aliphatic rings. The molecule has 1 amide bonds. The Bertz CT molecular complexity index is 928. The highest BCUT2D eigenvalue weighted by Gasteiger charge is 2.22. The molecule has 1 aromatic heterocycles. The number of aromatic amines is 1. The maximum atomic E-state index is 12.5. The van der Waals surface area contributed by atoms with Gasteiger partial charge in [0.25, 0.3) is 11.7 Å². The number of rotatable bonds is 6. The van der Waals surface area contributed by atoms with Gasteiger partial charge in [-0.15, -0.1) is 0 Å². The van der Waals surface area contributed by atoms with E-state index < -0.39 is 11.7 Å². The van der Waals surface area contributed by atoms with Gasteiger partial charge in [0.1, 0.15) is 12.4 Å². The van der Waals surface area contributed by atoms with E-state index in [2.05, 4.69) is 10.3 Å². The minimum absolute atomic E-state index is 0.264. The lowest BCUT2D eigenvalue weighted by Gasteiger charge is -2.09. The lowest BCUT2D eigenvalue weighted by Crippen LogP contribution is -2.34. The smallest absolute Gasteiger partial charge is 0.292 e. The Morgan fingerprint density at radius 3 is 2.56 bits per heavy atom. The van der Waals surface area contributed by atoms with Crippen LogP contribution in [0.1, 0.15) is 21.6 Å². The molecule has 3 aromatic rings. The molecule has 25 heavy (non-hydrogen) atoms. The van der Waals surface area contributed by atoms with Gasteiger partial charge in [-0.1, -0.05) is 36.4 Å². The maximum absolute atomic E-state index is 12.5. The van der Waals surface area contributed by atoms with E-state index >= 15 is 0 Å². The van der Waals surface area contributed by atoms with Crippen LogP contribution < -0.4 is 10.1 Å². The summed E-state index contributed by atoms with van der Waals surface area (Å²) >= 11 is 0. The second-order valence-electron chi connectivity index (χ2n) is 5.87. The highest BCUT2D eigenvalue weighted by Crippen LogP contribution is 2.22. The largest absolute Gasteiger partial charge is 0.491 e. The minimum Gasteiger partial charge on any atom is -0.491 e. The van der Waals surface area contributed by atoms with Crippen molar-refractivity contribution in [3.05, 3.63) is 65.4 Å². The van der Waals surface area contributed by atoms with E-state index in [4.69, 9.17) is 4.74 Å². The van der Waals surface area contributed by atoms with Crippen LogP contribution in [-0.2, 0) is 4.79 Å².